The number of ether oxygens (including phenoxy) is 1. The summed E-state index contributed by atoms with van der Waals surface area (Å²) in [4.78, 5) is 12.7. The van der Waals surface area contributed by atoms with E-state index in [0.717, 1.165) is 11.9 Å². The minimum Gasteiger partial charge on any atom is -0.373 e. The Morgan fingerprint density at radius 2 is 1.90 bits per heavy atom. The van der Waals surface area contributed by atoms with E-state index in [1.165, 1.54) is 34.6 Å². The Balaban J connectivity index is 0.00000145. The number of fused-ring (bicyclic) bond motifs is 1. The second-order valence-corrected chi connectivity index (χ2v) is 7.60. The number of nitrogens with zero attached hydrogens (tertiary/aromatic N) is 2. The van der Waals surface area contributed by atoms with Gasteiger partial charge >= 0.3 is 6.18 Å². The fourth-order valence-electron chi connectivity index (χ4n) is 2.98. The van der Waals surface area contributed by atoms with Crippen LogP contribution in [0.25, 0.3) is 0 Å². The van der Waals surface area contributed by atoms with Crippen LogP contribution in [0.2, 0.25) is 5.02 Å². The minimum atomic E-state index is -4.48. The summed E-state index contributed by atoms with van der Waals surface area (Å²) < 4.78 is 49.6. The molecule has 29 heavy (non-hydrogen) atoms. The summed E-state index contributed by atoms with van der Waals surface area (Å²) in [6.45, 7) is 6.96. The molecule has 2 aromatic rings. The van der Waals surface area contributed by atoms with Gasteiger partial charge in [0.15, 0.2) is 0 Å². The Bertz CT molecular complexity index is 856. The smallest absolute Gasteiger partial charge is 0.373 e. The lowest BCUT2D eigenvalue weighted by atomic mass is 10.1. The molecule has 0 saturated carbocycles. The molecule has 1 aliphatic rings. The van der Waals surface area contributed by atoms with E-state index in [9.17, 15) is 18.0 Å². The van der Waals surface area contributed by atoms with Crippen molar-refractivity contribution in [2.24, 2.45) is 0 Å². The normalized spacial score (nSPS) is 14.8. The van der Waals surface area contributed by atoms with Gasteiger partial charge in [0, 0.05) is 34.8 Å². The van der Waals surface area contributed by atoms with E-state index in [0.29, 0.717) is 28.8 Å². The van der Waals surface area contributed by atoms with Crippen LogP contribution in [0.1, 0.15) is 38.1 Å². The standard InChI is InChI=1S/C18H18ClF3N2O2S.C2H6/c1-2-24(17(18(20,21)22)12-3-5-13(19)6-4-12)27-15-9-14-11-26-8-7-23(14)16(25)10-15;1-2/h3-6,9-10,17H,2,7-8,11H2,1H3;1-2H3. The zero-order chi connectivity index (χ0) is 21.6. The molecule has 0 aliphatic carbocycles. The molecular weight excluding hydrogens is 425 g/mol. The number of rotatable bonds is 5. The van der Waals surface area contributed by atoms with Crippen LogP contribution in [-0.2, 0) is 17.9 Å². The Morgan fingerprint density at radius 1 is 1.24 bits per heavy atom. The van der Waals surface area contributed by atoms with Gasteiger partial charge in [-0.2, -0.15) is 13.2 Å². The molecule has 0 spiro atoms. The fourth-order valence-corrected chi connectivity index (χ4v) is 4.20. The predicted octanol–water partition coefficient (Wildman–Crippen LogP) is 5.69. The molecule has 2 heterocycles. The zero-order valence-corrected chi connectivity index (χ0v) is 18.1. The summed E-state index contributed by atoms with van der Waals surface area (Å²) >= 11 is 6.73. The second-order valence-electron chi connectivity index (χ2n) is 6.05. The number of alkyl halides is 3. The third-order valence-corrected chi connectivity index (χ3v) is 5.62. The van der Waals surface area contributed by atoms with Gasteiger partial charge in [0.05, 0.1) is 13.2 Å². The minimum absolute atomic E-state index is 0.0965. The van der Waals surface area contributed by atoms with Gasteiger partial charge in [0.25, 0.3) is 5.56 Å². The van der Waals surface area contributed by atoms with Crippen LogP contribution in [0.5, 0.6) is 0 Å². The highest BCUT2D eigenvalue weighted by molar-refractivity contribution is 7.97. The van der Waals surface area contributed by atoms with E-state index in [4.69, 9.17) is 16.3 Å². The number of pyridine rings is 1. The number of benzene rings is 1. The van der Waals surface area contributed by atoms with Crippen LogP contribution in [0.15, 0.2) is 46.1 Å². The van der Waals surface area contributed by atoms with Crippen molar-refractivity contribution in [3.05, 3.63) is 63.0 Å². The van der Waals surface area contributed by atoms with Gasteiger partial charge in [0.1, 0.15) is 6.04 Å². The lowest BCUT2D eigenvalue weighted by Crippen LogP contribution is -2.34. The molecular formula is C20H24ClF3N2O2S. The average molecular weight is 449 g/mol. The molecule has 160 valence electrons. The van der Waals surface area contributed by atoms with Gasteiger partial charge < -0.3 is 9.30 Å². The Labute approximate surface area is 177 Å². The molecule has 0 N–H and O–H groups in total. The molecule has 1 aromatic heterocycles. The van der Waals surface area contributed by atoms with Gasteiger partial charge in [-0.3, -0.25) is 4.79 Å². The largest absolute Gasteiger partial charge is 0.408 e. The maximum atomic E-state index is 13.8. The van der Waals surface area contributed by atoms with Crippen LogP contribution in [0.4, 0.5) is 13.2 Å². The molecule has 0 saturated heterocycles. The summed E-state index contributed by atoms with van der Waals surface area (Å²) in [5.41, 5.74) is 0.533. The average Bonchev–Trinajstić information content (AvgIpc) is 2.69. The molecule has 0 radical (unpaired) electrons. The van der Waals surface area contributed by atoms with Crippen LogP contribution < -0.4 is 5.56 Å². The first-order valence-electron chi connectivity index (χ1n) is 9.38. The molecule has 0 amide bonds. The number of halogens is 4. The van der Waals surface area contributed by atoms with Crippen molar-refractivity contribution >= 4 is 23.5 Å². The summed E-state index contributed by atoms with van der Waals surface area (Å²) in [6, 6.07) is 6.90. The zero-order valence-electron chi connectivity index (χ0n) is 16.5. The van der Waals surface area contributed by atoms with E-state index in [1.807, 2.05) is 13.8 Å². The fraction of sp³-hybridized carbons (Fsp3) is 0.450. The maximum Gasteiger partial charge on any atom is 0.408 e. The highest BCUT2D eigenvalue weighted by Gasteiger charge is 2.44. The van der Waals surface area contributed by atoms with E-state index in [1.54, 1.807) is 17.6 Å². The first kappa shape index (κ1) is 23.8. The van der Waals surface area contributed by atoms with Crippen molar-refractivity contribution in [1.82, 2.24) is 8.87 Å². The van der Waals surface area contributed by atoms with Crippen molar-refractivity contribution in [2.75, 3.05) is 13.2 Å². The molecule has 1 atom stereocenters. The lowest BCUT2D eigenvalue weighted by Gasteiger charge is -2.31. The van der Waals surface area contributed by atoms with Gasteiger partial charge in [-0.05, 0) is 35.7 Å². The highest BCUT2D eigenvalue weighted by Crippen LogP contribution is 2.42. The molecule has 3 rings (SSSR count). The van der Waals surface area contributed by atoms with Crippen molar-refractivity contribution < 1.29 is 17.9 Å². The SMILES string of the molecule is CC.CCN(Sc1cc2n(c(=O)c1)CCOC2)C(c1ccc(Cl)cc1)C(F)(F)F. The Hall–Kier alpha value is -1.48. The van der Waals surface area contributed by atoms with Crippen molar-refractivity contribution in [1.29, 1.82) is 0 Å². The maximum absolute atomic E-state index is 13.8. The molecule has 9 heteroatoms. The highest BCUT2D eigenvalue weighted by atomic mass is 35.5. The number of hydrogen-bond donors (Lipinski definition) is 0. The molecule has 0 bridgehead atoms. The first-order chi connectivity index (χ1) is 13.8. The quantitative estimate of drug-likeness (QED) is 0.550. The van der Waals surface area contributed by atoms with Crippen molar-refractivity contribution in [3.63, 3.8) is 0 Å². The molecule has 4 nitrogen and oxygen atoms in total. The molecule has 1 aliphatic heterocycles. The van der Waals surface area contributed by atoms with Crippen LogP contribution >= 0.6 is 23.5 Å². The molecule has 1 aromatic carbocycles. The third kappa shape index (κ3) is 6.01. The van der Waals surface area contributed by atoms with E-state index >= 15 is 0 Å². The van der Waals surface area contributed by atoms with Gasteiger partial charge in [-0.15, -0.1) is 0 Å². The summed E-state index contributed by atoms with van der Waals surface area (Å²) in [7, 11) is 0. The van der Waals surface area contributed by atoms with E-state index in [-0.39, 0.29) is 24.3 Å². The number of aromatic nitrogens is 1. The van der Waals surface area contributed by atoms with E-state index in [2.05, 4.69) is 0 Å². The van der Waals surface area contributed by atoms with Gasteiger partial charge in [-0.1, -0.05) is 44.5 Å². The van der Waals surface area contributed by atoms with Crippen LogP contribution in [0.3, 0.4) is 0 Å². The molecule has 0 fully saturated rings. The second kappa shape index (κ2) is 10.5. The van der Waals surface area contributed by atoms with Crippen LogP contribution in [0, 0.1) is 0 Å². The van der Waals surface area contributed by atoms with Gasteiger partial charge in [-0.25, -0.2) is 4.31 Å². The molecule has 1 unspecified atom stereocenters. The third-order valence-electron chi connectivity index (χ3n) is 4.21. The Kier molecular flexibility index (Phi) is 8.63. The summed E-state index contributed by atoms with van der Waals surface area (Å²) in [5, 5.41) is 0.373. The topological polar surface area (TPSA) is 34.5 Å². The number of hydrogen-bond acceptors (Lipinski definition) is 4. The lowest BCUT2D eigenvalue weighted by molar-refractivity contribution is -0.172. The summed E-state index contributed by atoms with van der Waals surface area (Å²) in [6.07, 6.45) is -4.48. The van der Waals surface area contributed by atoms with E-state index < -0.39 is 12.2 Å². The van der Waals surface area contributed by atoms with Crippen molar-refractivity contribution in [2.45, 2.75) is 51.0 Å². The first-order valence-corrected chi connectivity index (χ1v) is 10.5. The predicted molar refractivity (Wildman–Crippen MR) is 110 cm³/mol. The van der Waals surface area contributed by atoms with Gasteiger partial charge in [0.2, 0.25) is 0 Å². The monoisotopic (exact) mass is 448 g/mol. The Morgan fingerprint density at radius 3 is 2.48 bits per heavy atom. The summed E-state index contributed by atoms with van der Waals surface area (Å²) in [5.74, 6) is 0. The van der Waals surface area contributed by atoms with Crippen LogP contribution in [-0.4, -0.2) is 28.2 Å². The van der Waals surface area contributed by atoms with Crippen molar-refractivity contribution in [3.8, 4) is 0 Å².